The van der Waals surface area contributed by atoms with E-state index in [9.17, 15) is 9.59 Å². The van der Waals surface area contributed by atoms with Crippen molar-refractivity contribution in [3.8, 4) is 11.8 Å². The highest BCUT2D eigenvalue weighted by atomic mass is 16.1. The molecule has 2 aromatic heterocycles. The van der Waals surface area contributed by atoms with Crippen molar-refractivity contribution >= 4 is 29.0 Å². The molecule has 0 unspecified atom stereocenters. The Kier molecular flexibility index (Phi) is 4.89. The van der Waals surface area contributed by atoms with Gasteiger partial charge in [-0.3, -0.25) is 19.1 Å². The third kappa shape index (κ3) is 3.57. The van der Waals surface area contributed by atoms with E-state index in [1.54, 1.807) is 72.9 Å². The van der Waals surface area contributed by atoms with Gasteiger partial charge in [-0.1, -0.05) is 24.3 Å². The molecule has 144 valence electrons. The summed E-state index contributed by atoms with van der Waals surface area (Å²) in [5.74, 6) is -0.209. The highest BCUT2D eigenvalue weighted by Crippen LogP contribution is 2.16. The molecule has 2 N–H and O–H groups in total. The zero-order chi connectivity index (χ0) is 21.1. The number of primary amides is 1. The van der Waals surface area contributed by atoms with E-state index >= 15 is 0 Å². The van der Waals surface area contributed by atoms with E-state index in [-0.39, 0.29) is 11.1 Å². The maximum absolute atomic E-state index is 13.2. The summed E-state index contributed by atoms with van der Waals surface area (Å²) in [5.41, 5.74) is 7.75. The molecule has 0 aliphatic carbocycles. The van der Waals surface area contributed by atoms with E-state index in [2.05, 4.69) is 16.0 Å². The Morgan fingerprint density at radius 2 is 1.90 bits per heavy atom. The molecule has 0 bridgehead atoms. The maximum atomic E-state index is 13.2. The largest absolute Gasteiger partial charge is 0.366 e. The van der Waals surface area contributed by atoms with Gasteiger partial charge in [0.25, 0.3) is 5.56 Å². The number of nitrogens with two attached hydrogens (primary N) is 1. The fourth-order valence-corrected chi connectivity index (χ4v) is 3.05. The van der Waals surface area contributed by atoms with Crippen LogP contribution < -0.4 is 11.3 Å². The monoisotopic (exact) mass is 393 g/mol. The molecule has 0 fully saturated rings. The van der Waals surface area contributed by atoms with Crippen LogP contribution in [-0.2, 0) is 0 Å². The summed E-state index contributed by atoms with van der Waals surface area (Å²) in [7, 11) is 0. The van der Waals surface area contributed by atoms with Gasteiger partial charge >= 0.3 is 0 Å². The summed E-state index contributed by atoms with van der Waals surface area (Å²) in [5, 5.41) is 9.30. The predicted molar refractivity (Wildman–Crippen MR) is 114 cm³/mol. The normalized spacial score (nSPS) is 10.9. The minimum Gasteiger partial charge on any atom is -0.366 e. The molecule has 0 saturated carbocycles. The SMILES string of the molecule is N#Cc1ccc(/C=C/c2nc3ccncc3c(=O)n2-c2cccc(C(N)=O)c2)cc1. The smallest absolute Gasteiger partial charge is 0.267 e. The van der Waals surface area contributed by atoms with Crippen LogP contribution in [0.25, 0.3) is 28.7 Å². The Hall–Kier alpha value is -4.57. The molecule has 0 saturated heterocycles. The molecule has 0 atom stereocenters. The molecule has 30 heavy (non-hydrogen) atoms. The van der Waals surface area contributed by atoms with Gasteiger partial charge in [0, 0.05) is 18.0 Å². The van der Waals surface area contributed by atoms with Crippen molar-refractivity contribution < 1.29 is 4.79 Å². The Morgan fingerprint density at radius 3 is 2.63 bits per heavy atom. The average Bonchev–Trinajstić information content (AvgIpc) is 2.78. The highest BCUT2D eigenvalue weighted by molar-refractivity contribution is 5.93. The Balaban J connectivity index is 1.91. The number of carbonyl (C=O) groups is 1. The topological polar surface area (TPSA) is 115 Å². The van der Waals surface area contributed by atoms with Crippen LogP contribution in [0, 0.1) is 11.3 Å². The molecule has 2 aromatic carbocycles. The molecule has 0 aliphatic heterocycles. The first-order valence-corrected chi connectivity index (χ1v) is 9.02. The number of amides is 1. The van der Waals surface area contributed by atoms with Crippen molar-refractivity contribution in [2.45, 2.75) is 0 Å². The Labute approximate surface area is 171 Å². The Bertz CT molecular complexity index is 1400. The van der Waals surface area contributed by atoms with Crippen molar-refractivity contribution in [2.24, 2.45) is 5.73 Å². The van der Waals surface area contributed by atoms with E-state index in [0.717, 1.165) is 5.56 Å². The minimum atomic E-state index is -0.588. The molecule has 7 nitrogen and oxygen atoms in total. The van der Waals surface area contributed by atoms with Crippen LogP contribution in [0.1, 0.15) is 27.3 Å². The molecule has 0 spiro atoms. The predicted octanol–water partition coefficient (Wildman–Crippen LogP) is 2.92. The average molecular weight is 393 g/mol. The summed E-state index contributed by atoms with van der Waals surface area (Å²) in [6.45, 7) is 0. The van der Waals surface area contributed by atoms with Crippen LogP contribution in [0.2, 0.25) is 0 Å². The van der Waals surface area contributed by atoms with Gasteiger partial charge in [-0.05, 0) is 48.0 Å². The lowest BCUT2D eigenvalue weighted by molar-refractivity contribution is 0.1000. The molecule has 7 heteroatoms. The fourth-order valence-electron chi connectivity index (χ4n) is 3.05. The van der Waals surface area contributed by atoms with Gasteiger partial charge in [-0.15, -0.1) is 0 Å². The van der Waals surface area contributed by atoms with Crippen LogP contribution in [0.15, 0.2) is 71.8 Å². The number of fused-ring (bicyclic) bond motifs is 1. The van der Waals surface area contributed by atoms with Gasteiger partial charge in [0.05, 0.1) is 28.2 Å². The van der Waals surface area contributed by atoms with Crippen molar-refractivity contribution in [3.05, 3.63) is 99.9 Å². The van der Waals surface area contributed by atoms with E-state index < -0.39 is 5.91 Å². The molecule has 0 aliphatic rings. The van der Waals surface area contributed by atoms with Crippen LogP contribution in [0.3, 0.4) is 0 Å². The second-order valence-corrected chi connectivity index (χ2v) is 6.49. The van der Waals surface area contributed by atoms with Crippen LogP contribution in [0.4, 0.5) is 0 Å². The molecule has 0 radical (unpaired) electrons. The van der Waals surface area contributed by atoms with Gasteiger partial charge in [0.1, 0.15) is 5.82 Å². The number of nitriles is 1. The molecular formula is C23H15N5O2. The highest BCUT2D eigenvalue weighted by Gasteiger charge is 2.12. The van der Waals surface area contributed by atoms with Crippen molar-refractivity contribution in [1.82, 2.24) is 14.5 Å². The molecule has 2 heterocycles. The summed E-state index contributed by atoms with van der Waals surface area (Å²) < 4.78 is 1.41. The summed E-state index contributed by atoms with van der Waals surface area (Å²) >= 11 is 0. The third-order valence-corrected chi connectivity index (χ3v) is 4.55. The first-order valence-electron chi connectivity index (χ1n) is 9.02. The van der Waals surface area contributed by atoms with E-state index in [0.29, 0.717) is 28.0 Å². The standard InChI is InChI=1S/C23H15N5O2/c24-13-16-6-4-15(5-7-16)8-9-21-27-20-10-11-26-14-19(20)23(30)28(21)18-3-1-2-17(12-18)22(25)29/h1-12,14H,(H2,25,29)/b9-8+. The van der Waals surface area contributed by atoms with Crippen molar-refractivity contribution in [3.63, 3.8) is 0 Å². The third-order valence-electron chi connectivity index (χ3n) is 4.55. The van der Waals surface area contributed by atoms with Crippen LogP contribution in [0.5, 0.6) is 0 Å². The molecule has 1 amide bonds. The van der Waals surface area contributed by atoms with E-state index in [1.807, 2.05) is 0 Å². The second-order valence-electron chi connectivity index (χ2n) is 6.49. The lowest BCUT2D eigenvalue weighted by atomic mass is 10.1. The van der Waals surface area contributed by atoms with Gasteiger partial charge in [0.2, 0.25) is 5.91 Å². The maximum Gasteiger partial charge on any atom is 0.267 e. The fraction of sp³-hybridized carbons (Fsp3) is 0. The number of hydrogen-bond acceptors (Lipinski definition) is 5. The van der Waals surface area contributed by atoms with Crippen LogP contribution in [-0.4, -0.2) is 20.4 Å². The van der Waals surface area contributed by atoms with Gasteiger partial charge < -0.3 is 5.73 Å². The zero-order valence-corrected chi connectivity index (χ0v) is 15.7. The lowest BCUT2D eigenvalue weighted by Gasteiger charge is -2.12. The van der Waals surface area contributed by atoms with Crippen LogP contribution >= 0.6 is 0 Å². The summed E-state index contributed by atoms with van der Waals surface area (Å²) in [6, 6.07) is 17.3. The van der Waals surface area contributed by atoms with E-state index in [1.165, 1.54) is 10.8 Å². The first kappa shape index (κ1) is 18.8. The van der Waals surface area contributed by atoms with Gasteiger partial charge in [0.15, 0.2) is 0 Å². The van der Waals surface area contributed by atoms with Gasteiger partial charge in [-0.25, -0.2) is 4.98 Å². The summed E-state index contributed by atoms with van der Waals surface area (Å²) in [6.07, 6.45) is 6.54. The molecular weight excluding hydrogens is 378 g/mol. The second kappa shape index (κ2) is 7.81. The van der Waals surface area contributed by atoms with Gasteiger partial charge in [-0.2, -0.15) is 5.26 Å². The quantitative estimate of drug-likeness (QED) is 0.572. The Morgan fingerprint density at radius 1 is 1.10 bits per heavy atom. The number of aromatic nitrogens is 3. The summed E-state index contributed by atoms with van der Waals surface area (Å²) in [4.78, 5) is 33.4. The van der Waals surface area contributed by atoms with E-state index in [4.69, 9.17) is 11.0 Å². The number of carbonyl (C=O) groups excluding carboxylic acids is 1. The lowest BCUT2D eigenvalue weighted by Crippen LogP contribution is -2.23. The number of benzene rings is 2. The van der Waals surface area contributed by atoms with Crippen molar-refractivity contribution in [1.29, 1.82) is 5.26 Å². The molecule has 4 aromatic rings. The zero-order valence-electron chi connectivity index (χ0n) is 15.7. The number of pyridine rings is 1. The number of rotatable bonds is 4. The molecule has 4 rings (SSSR count). The first-order chi connectivity index (χ1) is 14.6. The number of nitrogens with zero attached hydrogens (tertiary/aromatic N) is 4. The minimum absolute atomic E-state index is 0.285. The number of hydrogen-bond donors (Lipinski definition) is 1. The van der Waals surface area contributed by atoms with Crippen molar-refractivity contribution in [2.75, 3.05) is 0 Å².